The quantitative estimate of drug-likeness (QED) is 0.828. The third-order valence-electron chi connectivity index (χ3n) is 5.06. The van der Waals surface area contributed by atoms with Crippen molar-refractivity contribution >= 4 is 17.8 Å². The molecule has 2 N–H and O–H groups in total. The first-order chi connectivity index (χ1) is 12.6. The highest BCUT2D eigenvalue weighted by Gasteiger charge is 2.51. The fraction of sp³-hybridized carbons (Fsp3) is 0.250. The molecular weight excluding hydrogens is 330 g/mol. The lowest BCUT2D eigenvalue weighted by Crippen LogP contribution is -2.49. The van der Waals surface area contributed by atoms with Gasteiger partial charge in [0.15, 0.2) is 0 Å². The van der Waals surface area contributed by atoms with Gasteiger partial charge < -0.3 is 10.2 Å². The lowest BCUT2D eigenvalue weighted by molar-refractivity contribution is -0.123. The summed E-state index contributed by atoms with van der Waals surface area (Å²) in [7, 11) is 0. The minimum atomic E-state index is -0.985. The third kappa shape index (κ3) is 2.83. The molecular formula is C20H19N3O3. The number of carbonyl (C=O) groups is 3. The van der Waals surface area contributed by atoms with Gasteiger partial charge in [0.25, 0.3) is 11.8 Å². The average molecular weight is 349 g/mol. The molecule has 2 saturated heterocycles. The smallest absolute Gasteiger partial charge is 0.322 e. The van der Waals surface area contributed by atoms with Crippen molar-refractivity contribution in [2.45, 2.75) is 18.4 Å². The van der Waals surface area contributed by atoms with E-state index in [9.17, 15) is 14.4 Å². The zero-order valence-corrected chi connectivity index (χ0v) is 14.2. The van der Waals surface area contributed by atoms with E-state index in [0.717, 1.165) is 11.1 Å². The molecule has 1 spiro atoms. The van der Waals surface area contributed by atoms with E-state index < -0.39 is 11.6 Å². The van der Waals surface area contributed by atoms with E-state index in [0.29, 0.717) is 24.9 Å². The van der Waals surface area contributed by atoms with Crippen molar-refractivity contribution in [3.63, 3.8) is 0 Å². The fourth-order valence-corrected chi connectivity index (χ4v) is 3.67. The second kappa shape index (κ2) is 6.29. The van der Waals surface area contributed by atoms with Crippen LogP contribution in [0.2, 0.25) is 0 Å². The van der Waals surface area contributed by atoms with Gasteiger partial charge in [-0.2, -0.15) is 0 Å². The summed E-state index contributed by atoms with van der Waals surface area (Å²) in [6.45, 7) is 0.634. The summed E-state index contributed by atoms with van der Waals surface area (Å²) in [5, 5.41) is 4.94. The molecule has 2 fully saturated rings. The molecule has 4 amide bonds. The molecule has 2 aliphatic rings. The van der Waals surface area contributed by atoms with Gasteiger partial charge in [0.2, 0.25) is 0 Å². The van der Waals surface area contributed by atoms with Gasteiger partial charge in [-0.05, 0) is 30.0 Å². The van der Waals surface area contributed by atoms with Gasteiger partial charge in [0.05, 0.1) is 6.54 Å². The van der Waals surface area contributed by atoms with Gasteiger partial charge >= 0.3 is 6.03 Å². The molecule has 2 aliphatic heterocycles. The fourth-order valence-electron chi connectivity index (χ4n) is 3.67. The number of amides is 4. The maximum absolute atomic E-state index is 13.1. The monoisotopic (exact) mass is 349 g/mol. The number of benzene rings is 2. The highest BCUT2D eigenvalue weighted by Crippen LogP contribution is 2.27. The Morgan fingerprint density at radius 1 is 1.04 bits per heavy atom. The molecule has 6 heteroatoms. The second-order valence-electron chi connectivity index (χ2n) is 6.79. The molecule has 1 unspecified atom stereocenters. The Morgan fingerprint density at radius 2 is 1.77 bits per heavy atom. The number of hydrogen-bond donors (Lipinski definition) is 2. The van der Waals surface area contributed by atoms with Crippen LogP contribution in [0.1, 0.15) is 27.9 Å². The van der Waals surface area contributed by atoms with Gasteiger partial charge in [-0.3, -0.25) is 14.9 Å². The molecule has 1 atom stereocenters. The summed E-state index contributed by atoms with van der Waals surface area (Å²) in [6, 6.07) is 17.0. The summed E-state index contributed by atoms with van der Waals surface area (Å²) in [6.07, 6.45) is 1.09. The van der Waals surface area contributed by atoms with E-state index in [1.54, 1.807) is 4.90 Å². The van der Waals surface area contributed by atoms with Crippen molar-refractivity contribution in [2.75, 3.05) is 13.1 Å². The van der Waals surface area contributed by atoms with E-state index in [1.165, 1.54) is 0 Å². The molecule has 0 bridgehead atoms. The number of carbonyl (C=O) groups excluding carboxylic acids is 3. The molecule has 0 aromatic heterocycles. The predicted molar refractivity (Wildman–Crippen MR) is 95.6 cm³/mol. The molecule has 6 nitrogen and oxygen atoms in total. The van der Waals surface area contributed by atoms with E-state index >= 15 is 0 Å². The summed E-state index contributed by atoms with van der Waals surface area (Å²) < 4.78 is 0. The van der Waals surface area contributed by atoms with Gasteiger partial charge in [-0.1, -0.05) is 48.5 Å². The second-order valence-corrected chi connectivity index (χ2v) is 6.79. The Hall–Kier alpha value is -3.15. The Bertz CT molecular complexity index is 881. The molecule has 132 valence electrons. The van der Waals surface area contributed by atoms with Crippen molar-refractivity contribution in [2.24, 2.45) is 0 Å². The number of nitrogens with zero attached hydrogens (tertiary/aromatic N) is 1. The van der Waals surface area contributed by atoms with Crippen LogP contribution < -0.4 is 10.6 Å². The zero-order valence-electron chi connectivity index (χ0n) is 14.2. The van der Waals surface area contributed by atoms with Crippen LogP contribution in [0.25, 0.3) is 0 Å². The SMILES string of the molecule is O=C1NC(=O)C2(CCN(C(=O)c3ccccc3Cc3ccccc3)C2)N1. The normalized spacial score (nSPS) is 21.8. The summed E-state index contributed by atoms with van der Waals surface area (Å²) in [4.78, 5) is 38.3. The van der Waals surface area contributed by atoms with E-state index in [-0.39, 0.29) is 18.4 Å². The number of nitrogens with one attached hydrogen (secondary N) is 2. The summed E-state index contributed by atoms with van der Waals surface area (Å²) in [5.74, 6) is -0.460. The Balaban J connectivity index is 1.56. The standard InChI is InChI=1S/C20H19N3O3/c24-17(23-11-10-20(13-23)18(25)21-19(26)22-20)16-9-5-4-8-15(16)12-14-6-2-1-3-7-14/h1-9H,10-13H2,(H2,21,22,25,26). The lowest BCUT2D eigenvalue weighted by atomic mass is 9.98. The number of imide groups is 1. The first kappa shape index (κ1) is 16.3. The highest BCUT2D eigenvalue weighted by molar-refractivity contribution is 6.08. The van der Waals surface area contributed by atoms with Crippen LogP contribution in [0.4, 0.5) is 4.79 Å². The van der Waals surface area contributed by atoms with Crippen molar-refractivity contribution < 1.29 is 14.4 Å². The number of likely N-dealkylation sites (tertiary alicyclic amines) is 1. The molecule has 2 aromatic carbocycles. The molecule has 4 rings (SSSR count). The molecule has 2 aromatic rings. The predicted octanol–water partition coefficient (Wildman–Crippen LogP) is 1.70. The van der Waals surface area contributed by atoms with E-state index in [2.05, 4.69) is 10.6 Å². The first-order valence-electron chi connectivity index (χ1n) is 8.62. The van der Waals surface area contributed by atoms with E-state index in [1.807, 2.05) is 54.6 Å². The van der Waals surface area contributed by atoms with Crippen molar-refractivity contribution in [3.05, 3.63) is 71.3 Å². The maximum Gasteiger partial charge on any atom is 0.322 e. The highest BCUT2D eigenvalue weighted by atomic mass is 16.2. The van der Waals surface area contributed by atoms with Crippen LogP contribution in [0, 0.1) is 0 Å². The van der Waals surface area contributed by atoms with Crippen LogP contribution in [0.3, 0.4) is 0 Å². The maximum atomic E-state index is 13.1. The van der Waals surface area contributed by atoms with Crippen molar-refractivity contribution in [1.29, 1.82) is 0 Å². The topological polar surface area (TPSA) is 78.5 Å². The number of rotatable bonds is 3. The molecule has 0 radical (unpaired) electrons. The third-order valence-corrected chi connectivity index (χ3v) is 5.06. The molecule has 2 heterocycles. The minimum Gasteiger partial charge on any atom is -0.336 e. The van der Waals surface area contributed by atoms with Crippen LogP contribution in [0.5, 0.6) is 0 Å². The summed E-state index contributed by atoms with van der Waals surface area (Å²) >= 11 is 0. The first-order valence-corrected chi connectivity index (χ1v) is 8.62. The van der Waals surface area contributed by atoms with Crippen molar-refractivity contribution in [1.82, 2.24) is 15.5 Å². The number of urea groups is 1. The van der Waals surface area contributed by atoms with E-state index in [4.69, 9.17) is 0 Å². The van der Waals surface area contributed by atoms with Gasteiger partial charge in [-0.25, -0.2) is 4.79 Å². The van der Waals surface area contributed by atoms with Gasteiger partial charge in [0, 0.05) is 12.1 Å². The average Bonchev–Trinajstić information content (AvgIpc) is 3.19. The van der Waals surface area contributed by atoms with Crippen LogP contribution >= 0.6 is 0 Å². The van der Waals surface area contributed by atoms with Gasteiger partial charge in [-0.15, -0.1) is 0 Å². The minimum absolute atomic E-state index is 0.109. The van der Waals surface area contributed by atoms with Crippen molar-refractivity contribution in [3.8, 4) is 0 Å². The largest absolute Gasteiger partial charge is 0.336 e. The lowest BCUT2D eigenvalue weighted by Gasteiger charge is -2.22. The Morgan fingerprint density at radius 3 is 2.50 bits per heavy atom. The molecule has 0 saturated carbocycles. The molecule has 26 heavy (non-hydrogen) atoms. The van der Waals surface area contributed by atoms with Gasteiger partial charge in [0.1, 0.15) is 5.54 Å². The zero-order chi connectivity index (χ0) is 18.1. The van der Waals surface area contributed by atoms with Crippen LogP contribution in [-0.4, -0.2) is 41.4 Å². The Labute approximate surface area is 151 Å². The summed E-state index contributed by atoms with van der Waals surface area (Å²) in [5.41, 5.74) is 1.73. The van der Waals surface area contributed by atoms with Crippen LogP contribution in [-0.2, 0) is 11.2 Å². The number of hydrogen-bond acceptors (Lipinski definition) is 3. The van der Waals surface area contributed by atoms with Crippen LogP contribution in [0.15, 0.2) is 54.6 Å². The Kier molecular flexibility index (Phi) is 3.95. The molecule has 0 aliphatic carbocycles.